The molecule has 0 aliphatic carbocycles. The van der Waals surface area contributed by atoms with Crippen molar-refractivity contribution in [1.82, 2.24) is 9.55 Å². The molecule has 1 amide bonds. The third-order valence-corrected chi connectivity index (χ3v) is 5.92. The van der Waals surface area contributed by atoms with Gasteiger partial charge in [0.2, 0.25) is 5.91 Å². The number of nitrogens with one attached hydrogen (secondary N) is 1. The summed E-state index contributed by atoms with van der Waals surface area (Å²) in [7, 11) is 0. The molecular weight excluding hydrogens is 424 g/mol. The van der Waals surface area contributed by atoms with Crippen LogP contribution in [-0.4, -0.2) is 33.9 Å². The van der Waals surface area contributed by atoms with E-state index in [0.29, 0.717) is 36.4 Å². The number of hydrogen-bond donors (Lipinski definition) is 1. The lowest BCUT2D eigenvalue weighted by Crippen LogP contribution is -2.23. The Morgan fingerprint density at radius 3 is 2.74 bits per heavy atom. The van der Waals surface area contributed by atoms with Crippen molar-refractivity contribution >= 4 is 23.4 Å². The van der Waals surface area contributed by atoms with Crippen molar-refractivity contribution in [2.75, 3.05) is 18.5 Å². The molecule has 9 heteroatoms. The van der Waals surface area contributed by atoms with Crippen LogP contribution in [0.5, 0.6) is 11.5 Å². The fraction of sp³-hybridized carbons (Fsp3) is 0.273. The van der Waals surface area contributed by atoms with E-state index in [0.717, 1.165) is 29.5 Å². The van der Waals surface area contributed by atoms with E-state index in [2.05, 4.69) is 10.3 Å². The van der Waals surface area contributed by atoms with Gasteiger partial charge in [0, 0.05) is 18.2 Å². The number of rotatable bonds is 6. The second kappa shape index (κ2) is 8.97. The van der Waals surface area contributed by atoms with E-state index in [-0.39, 0.29) is 5.69 Å². The molecule has 1 unspecified atom stereocenters. The molecule has 6 nitrogen and oxygen atoms in total. The second-order valence-electron chi connectivity index (χ2n) is 6.90. The normalized spacial score (nSPS) is 13.7. The molecule has 1 aromatic heterocycles. The summed E-state index contributed by atoms with van der Waals surface area (Å²) < 4.78 is 40.4. The molecule has 1 aliphatic rings. The number of fused-ring (bicyclic) bond motifs is 1. The largest absolute Gasteiger partial charge is 0.486 e. The number of amides is 1. The summed E-state index contributed by atoms with van der Waals surface area (Å²) >= 11 is 1.24. The summed E-state index contributed by atoms with van der Waals surface area (Å²) in [5.74, 6) is -0.361. The van der Waals surface area contributed by atoms with Crippen LogP contribution in [0.25, 0.3) is 11.3 Å². The second-order valence-corrected chi connectivity index (χ2v) is 8.21. The number of hydrogen-bond acceptors (Lipinski definition) is 5. The molecule has 0 radical (unpaired) electrons. The summed E-state index contributed by atoms with van der Waals surface area (Å²) in [6, 6.07) is 8.65. The Kier molecular flexibility index (Phi) is 6.13. The number of nitrogens with zero attached hydrogens (tertiary/aromatic N) is 2. The first-order chi connectivity index (χ1) is 15.0. The first kappa shape index (κ1) is 21.2. The highest BCUT2D eigenvalue weighted by Crippen LogP contribution is 2.36. The Bertz CT molecular complexity index is 1120. The van der Waals surface area contributed by atoms with Gasteiger partial charge >= 0.3 is 0 Å². The van der Waals surface area contributed by atoms with Crippen molar-refractivity contribution in [2.24, 2.45) is 0 Å². The van der Waals surface area contributed by atoms with E-state index in [9.17, 15) is 13.6 Å². The van der Waals surface area contributed by atoms with Gasteiger partial charge < -0.3 is 19.4 Å². The first-order valence-electron chi connectivity index (χ1n) is 9.84. The van der Waals surface area contributed by atoms with Crippen molar-refractivity contribution in [3.8, 4) is 22.8 Å². The van der Waals surface area contributed by atoms with Crippen LogP contribution in [0.15, 0.2) is 47.8 Å². The summed E-state index contributed by atoms with van der Waals surface area (Å²) in [6.45, 7) is 5.34. The minimum absolute atomic E-state index is 0.187. The van der Waals surface area contributed by atoms with Crippen LogP contribution in [-0.2, 0) is 11.3 Å². The van der Waals surface area contributed by atoms with Gasteiger partial charge in [0.05, 0.1) is 22.8 Å². The van der Waals surface area contributed by atoms with Gasteiger partial charge in [0.15, 0.2) is 16.7 Å². The SMILES string of the molecule is CCn1c(-c2ccc3c(c2)OCCO3)cnc1SC(C)C(=O)Nc1cc(F)ccc1F. The van der Waals surface area contributed by atoms with Crippen LogP contribution in [0.2, 0.25) is 0 Å². The predicted octanol–water partition coefficient (Wildman–Crippen LogP) is 4.74. The Balaban J connectivity index is 1.52. The molecule has 1 N–H and O–H groups in total. The number of thioether (sulfide) groups is 1. The van der Waals surface area contributed by atoms with E-state index >= 15 is 0 Å². The summed E-state index contributed by atoms with van der Waals surface area (Å²) in [6.07, 6.45) is 1.74. The average molecular weight is 445 g/mol. The van der Waals surface area contributed by atoms with E-state index < -0.39 is 22.8 Å². The quantitative estimate of drug-likeness (QED) is 0.556. The van der Waals surface area contributed by atoms with Crippen LogP contribution < -0.4 is 14.8 Å². The number of anilines is 1. The molecule has 31 heavy (non-hydrogen) atoms. The van der Waals surface area contributed by atoms with E-state index in [1.165, 1.54) is 11.8 Å². The average Bonchev–Trinajstić information content (AvgIpc) is 3.18. The standard InChI is InChI=1S/C22H21F2N3O3S/c1-3-27-18(14-4-7-19-20(10-14)30-9-8-29-19)12-25-22(27)31-13(2)21(28)26-17-11-15(23)5-6-16(17)24/h4-7,10-13H,3,8-9H2,1-2H3,(H,26,28). The molecule has 1 atom stereocenters. The predicted molar refractivity (Wildman–Crippen MR) is 115 cm³/mol. The molecule has 0 bridgehead atoms. The molecule has 2 heterocycles. The molecule has 2 aromatic carbocycles. The smallest absolute Gasteiger partial charge is 0.237 e. The van der Waals surface area contributed by atoms with Gasteiger partial charge in [-0.25, -0.2) is 13.8 Å². The van der Waals surface area contributed by atoms with Gasteiger partial charge in [0.1, 0.15) is 24.8 Å². The van der Waals surface area contributed by atoms with Crippen LogP contribution in [0.3, 0.4) is 0 Å². The number of ether oxygens (including phenoxy) is 2. The Morgan fingerprint density at radius 2 is 1.97 bits per heavy atom. The Morgan fingerprint density at radius 1 is 1.19 bits per heavy atom. The monoisotopic (exact) mass is 445 g/mol. The zero-order valence-corrected chi connectivity index (χ0v) is 17.8. The van der Waals surface area contributed by atoms with E-state index in [1.807, 2.05) is 29.7 Å². The topological polar surface area (TPSA) is 65.4 Å². The summed E-state index contributed by atoms with van der Waals surface area (Å²) in [5, 5.41) is 2.51. The highest BCUT2D eigenvalue weighted by atomic mass is 32.2. The minimum atomic E-state index is -0.692. The minimum Gasteiger partial charge on any atom is -0.486 e. The molecule has 0 fully saturated rings. The Labute approximate surface area is 182 Å². The molecule has 3 aromatic rings. The lowest BCUT2D eigenvalue weighted by Gasteiger charge is -2.19. The van der Waals surface area contributed by atoms with Crippen LogP contribution in [0.4, 0.5) is 14.5 Å². The van der Waals surface area contributed by atoms with Crippen LogP contribution in [0.1, 0.15) is 13.8 Å². The van der Waals surface area contributed by atoms with Crippen molar-refractivity contribution < 1.29 is 23.0 Å². The molecular formula is C22H21F2N3O3S. The number of carbonyl (C=O) groups is 1. The zero-order valence-electron chi connectivity index (χ0n) is 17.0. The fourth-order valence-corrected chi connectivity index (χ4v) is 4.18. The number of benzene rings is 2. The zero-order chi connectivity index (χ0) is 22.0. The first-order valence-corrected chi connectivity index (χ1v) is 10.7. The van der Waals surface area contributed by atoms with Gasteiger partial charge in [-0.2, -0.15) is 0 Å². The van der Waals surface area contributed by atoms with Gasteiger partial charge in [-0.3, -0.25) is 4.79 Å². The van der Waals surface area contributed by atoms with Crippen molar-refractivity contribution in [1.29, 1.82) is 0 Å². The molecule has 0 saturated heterocycles. The maximum atomic E-state index is 13.8. The summed E-state index contributed by atoms with van der Waals surface area (Å²) in [5.41, 5.74) is 1.61. The number of halogens is 2. The van der Waals surface area contributed by atoms with Gasteiger partial charge in [-0.1, -0.05) is 11.8 Å². The van der Waals surface area contributed by atoms with Crippen LogP contribution in [0, 0.1) is 11.6 Å². The highest BCUT2D eigenvalue weighted by molar-refractivity contribution is 8.00. The highest BCUT2D eigenvalue weighted by Gasteiger charge is 2.21. The number of aromatic nitrogens is 2. The maximum Gasteiger partial charge on any atom is 0.237 e. The number of imidazole rings is 1. The third kappa shape index (κ3) is 4.51. The van der Waals surface area contributed by atoms with Crippen molar-refractivity contribution in [3.05, 3.63) is 54.2 Å². The fourth-order valence-electron chi connectivity index (χ4n) is 3.23. The van der Waals surface area contributed by atoms with E-state index in [1.54, 1.807) is 13.1 Å². The molecule has 4 rings (SSSR count). The van der Waals surface area contributed by atoms with E-state index in [4.69, 9.17) is 9.47 Å². The lowest BCUT2D eigenvalue weighted by molar-refractivity contribution is -0.115. The van der Waals surface area contributed by atoms with Crippen LogP contribution >= 0.6 is 11.8 Å². The maximum absolute atomic E-state index is 13.8. The van der Waals surface area contributed by atoms with Crippen molar-refractivity contribution in [3.63, 3.8) is 0 Å². The Hall–Kier alpha value is -3.07. The van der Waals surface area contributed by atoms with Gasteiger partial charge in [-0.05, 0) is 44.2 Å². The number of carbonyl (C=O) groups excluding carboxylic acids is 1. The molecule has 0 saturated carbocycles. The lowest BCUT2D eigenvalue weighted by atomic mass is 10.1. The summed E-state index contributed by atoms with van der Waals surface area (Å²) in [4.78, 5) is 17.0. The third-order valence-electron chi connectivity index (χ3n) is 4.81. The van der Waals surface area contributed by atoms with Gasteiger partial charge in [0.25, 0.3) is 0 Å². The van der Waals surface area contributed by atoms with Gasteiger partial charge in [-0.15, -0.1) is 0 Å². The molecule has 0 spiro atoms. The van der Waals surface area contributed by atoms with Crippen molar-refractivity contribution in [2.45, 2.75) is 30.8 Å². The molecule has 1 aliphatic heterocycles. The molecule has 162 valence electrons.